The number of unbranched alkanes of at least 4 members (excludes halogenated alkanes) is 1. The molecule has 2 nitrogen and oxygen atoms in total. The summed E-state index contributed by atoms with van der Waals surface area (Å²) in [5, 5.41) is 0. The van der Waals surface area contributed by atoms with Crippen LogP contribution in [0.2, 0.25) is 0 Å². The summed E-state index contributed by atoms with van der Waals surface area (Å²) in [6.45, 7) is 2.74. The first-order chi connectivity index (χ1) is 7.29. The Kier molecular flexibility index (Phi) is 3.66. The minimum Gasteiger partial charge on any atom is -0.466 e. The van der Waals surface area contributed by atoms with Gasteiger partial charge in [0, 0.05) is 6.42 Å². The van der Waals surface area contributed by atoms with E-state index in [2.05, 4.69) is 6.92 Å². The van der Waals surface area contributed by atoms with Crippen LogP contribution in [0.1, 0.15) is 51.9 Å². The number of hydrogen-bond acceptors (Lipinski definition) is 2. The van der Waals surface area contributed by atoms with E-state index in [9.17, 15) is 4.79 Å². The third-order valence-corrected chi connectivity index (χ3v) is 4.07. The van der Waals surface area contributed by atoms with Gasteiger partial charge < -0.3 is 4.74 Å². The lowest BCUT2D eigenvalue weighted by molar-refractivity contribution is -0.145. The molecule has 3 atom stereocenters. The van der Waals surface area contributed by atoms with Gasteiger partial charge in [-0.15, -0.1) is 0 Å². The molecule has 2 bridgehead atoms. The topological polar surface area (TPSA) is 26.3 Å². The molecule has 0 aliphatic heterocycles. The summed E-state index contributed by atoms with van der Waals surface area (Å²) in [7, 11) is 0. The molecule has 0 radical (unpaired) electrons. The molecule has 0 spiro atoms. The number of ether oxygens (including phenoxy) is 1. The van der Waals surface area contributed by atoms with Crippen molar-refractivity contribution in [2.45, 2.75) is 51.9 Å². The van der Waals surface area contributed by atoms with E-state index < -0.39 is 0 Å². The maximum absolute atomic E-state index is 11.5. The van der Waals surface area contributed by atoms with E-state index >= 15 is 0 Å². The molecule has 0 N–H and O–H groups in total. The molecule has 86 valence electrons. The Hall–Kier alpha value is -0.530. The van der Waals surface area contributed by atoms with Crippen LogP contribution in [0.25, 0.3) is 0 Å². The minimum absolute atomic E-state index is 0.0426. The van der Waals surface area contributed by atoms with Crippen LogP contribution in [0.3, 0.4) is 0 Å². The van der Waals surface area contributed by atoms with Crippen LogP contribution in [-0.4, -0.2) is 12.6 Å². The van der Waals surface area contributed by atoms with E-state index in [1.54, 1.807) is 0 Å². The van der Waals surface area contributed by atoms with Crippen molar-refractivity contribution < 1.29 is 9.53 Å². The second-order valence-electron chi connectivity index (χ2n) is 5.21. The normalized spacial score (nSPS) is 33.3. The van der Waals surface area contributed by atoms with E-state index in [1.807, 2.05) is 0 Å². The highest BCUT2D eigenvalue weighted by Gasteiger charge is 2.40. The lowest BCUT2D eigenvalue weighted by Crippen LogP contribution is -2.17. The summed E-state index contributed by atoms with van der Waals surface area (Å²) < 4.78 is 5.21. The first-order valence-corrected chi connectivity index (χ1v) is 6.45. The van der Waals surface area contributed by atoms with Crippen LogP contribution < -0.4 is 0 Å². The van der Waals surface area contributed by atoms with Crippen LogP contribution in [0.15, 0.2) is 0 Å². The highest BCUT2D eigenvalue weighted by atomic mass is 16.5. The van der Waals surface area contributed by atoms with Gasteiger partial charge in [0.2, 0.25) is 0 Å². The van der Waals surface area contributed by atoms with Crippen LogP contribution in [0.5, 0.6) is 0 Å². The van der Waals surface area contributed by atoms with Gasteiger partial charge in [0.25, 0.3) is 0 Å². The van der Waals surface area contributed by atoms with Crippen LogP contribution in [-0.2, 0) is 9.53 Å². The number of hydrogen-bond donors (Lipinski definition) is 0. The highest BCUT2D eigenvalue weighted by Crippen LogP contribution is 2.49. The van der Waals surface area contributed by atoms with Crippen molar-refractivity contribution in [3.63, 3.8) is 0 Å². The third-order valence-electron chi connectivity index (χ3n) is 4.07. The Labute approximate surface area is 92.4 Å². The Morgan fingerprint density at radius 3 is 2.80 bits per heavy atom. The van der Waals surface area contributed by atoms with Gasteiger partial charge in [-0.2, -0.15) is 0 Å². The lowest BCUT2D eigenvalue weighted by Gasteiger charge is -2.20. The van der Waals surface area contributed by atoms with Gasteiger partial charge in [0.15, 0.2) is 0 Å². The molecule has 2 aliphatic rings. The fourth-order valence-electron chi connectivity index (χ4n) is 3.23. The Morgan fingerprint density at radius 1 is 1.33 bits per heavy atom. The number of esters is 1. The molecule has 2 heteroatoms. The van der Waals surface area contributed by atoms with Crippen molar-refractivity contribution in [2.24, 2.45) is 17.8 Å². The monoisotopic (exact) mass is 210 g/mol. The standard InChI is InChI=1S/C13H22O2/c1-2-3-6-15-13(14)9-12-8-10-4-5-11(12)7-10/h10-12H,2-9H2,1H3. The highest BCUT2D eigenvalue weighted by molar-refractivity contribution is 5.69. The van der Waals surface area contributed by atoms with E-state index in [1.165, 1.54) is 25.7 Å². The van der Waals surface area contributed by atoms with E-state index in [4.69, 9.17) is 4.74 Å². The Balaban J connectivity index is 1.66. The molecule has 2 aliphatic carbocycles. The quantitative estimate of drug-likeness (QED) is 0.514. The van der Waals surface area contributed by atoms with Gasteiger partial charge in [0.1, 0.15) is 0 Å². The second-order valence-corrected chi connectivity index (χ2v) is 5.21. The average molecular weight is 210 g/mol. The van der Waals surface area contributed by atoms with E-state index in [-0.39, 0.29) is 5.97 Å². The molecule has 0 heterocycles. The molecule has 0 aromatic rings. The lowest BCUT2D eigenvalue weighted by atomic mass is 9.86. The summed E-state index contributed by atoms with van der Waals surface area (Å²) >= 11 is 0. The predicted molar refractivity (Wildman–Crippen MR) is 59.4 cm³/mol. The van der Waals surface area contributed by atoms with Gasteiger partial charge in [-0.25, -0.2) is 0 Å². The second kappa shape index (κ2) is 5.00. The minimum atomic E-state index is 0.0426. The summed E-state index contributed by atoms with van der Waals surface area (Å²) in [6.07, 6.45) is 8.22. The molecular weight excluding hydrogens is 188 g/mol. The van der Waals surface area contributed by atoms with Crippen molar-refractivity contribution in [3.8, 4) is 0 Å². The predicted octanol–water partition coefficient (Wildman–Crippen LogP) is 3.16. The molecule has 0 saturated heterocycles. The van der Waals surface area contributed by atoms with Crippen molar-refractivity contribution in [3.05, 3.63) is 0 Å². The van der Waals surface area contributed by atoms with Gasteiger partial charge in [-0.1, -0.05) is 19.8 Å². The molecule has 2 saturated carbocycles. The van der Waals surface area contributed by atoms with Gasteiger partial charge in [0.05, 0.1) is 6.61 Å². The summed E-state index contributed by atoms with van der Waals surface area (Å²) in [5.74, 6) is 2.47. The molecule has 0 amide bonds. The van der Waals surface area contributed by atoms with E-state index in [0.717, 1.165) is 24.7 Å². The largest absolute Gasteiger partial charge is 0.466 e. The maximum Gasteiger partial charge on any atom is 0.306 e. The van der Waals surface area contributed by atoms with Crippen molar-refractivity contribution in [2.75, 3.05) is 6.61 Å². The Morgan fingerprint density at radius 2 is 2.20 bits per heavy atom. The number of carbonyl (C=O) groups excluding carboxylic acids is 1. The molecule has 3 unspecified atom stereocenters. The number of fused-ring (bicyclic) bond motifs is 2. The summed E-state index contributed by atoms with van der Waals surface area (Å²) in [5.41, 5.74) is 0. The first-order valence-electron chi connectivity index (χ1n) is 6.45. The van der Waals surface area contributed by atoms with Gasteiger partial charge >= 0.3 is 5.97 Å². The van der Waals surface area contributed by atoms with Crippen LogP contribution in [0, 0.1) is 17.8 Å². The number of rotatable bonds is 5. The van der Waals surface area contributed by atoms with Crippen molar-refractivity contribution >= 4 is 5.97 Å². The maximum atomic E-state index is 11.5. The molecule has 15 heavy (non-hydrogen) atoms. The average Bonchev–Trinajstić information content (AvgIpc) is 2.79. The summed E-state index contributed by atoms with van der Waals surface area (Å²) in [6, 6.07) is 0. The fourth-order valence-corrected chi connectivity index (χ4v) is 3.23. The molecule has 2 rings (SSSR count). The van der Waals surface area contributed by atoms with Gasteiger partial charge in [-0.3, -0.25) is 4.79 Å². The smallest absolute Gasteiger partial charge is 0.306 e. The third kappa shape index (κ3) is 2.73. The molecule has 0 aromatic heterocycles. The van der Waals surface area contributed by atoms with Crippen molar-refractivity contribution in [1.29, 1.82) is 0 Å². The van der Waals surface area contributed by atoms with Crippen LogP contribution in [0.4, 0.5) is 0 Å². The number of carbonyl (C=O) groups is 1. The first kappa shape index (κ1) is 11.0. The molecule has 0 aromatic carbocycles. The zero-order valence-electron chi connectivity index (χ0n) is 9.71. The van der Waals surface area contributed by atoms with Crippen LogP contribution >= 0.6 is 0 Å². The van der Waals surface area contributed by atoms with E-state index in [0.29, 0.717) is 18.9 Å². The fraction of sp³-hybridized carbons (Fsp3) is 0.923. The zero-order chi connectivity index (χ0) is 10.7. The zero-order valence-corrected chi connectivity index (χ0v) is 9.71. The van der Waals surface area contributed by atoms with Gasteiger partial charge in [-0.05, 0) is 43.4 Å². The summed E-state index contributed by atoms with van der Waals surface area (Å²) in [4.78, 5) is 11.5. The molecular formula is C13H22O2. The SMILES string of the molecule is CCCCOC(=O)CC1CC2CCC1C2. The Bertz CT molecular complexity index is 225. The molecule has 2 fully saturated rings. The van der Waals surface area contributed by atoms with Crippen molar-refractivity contribution in [1.82, 2.24) is 0 Å².